The maximum absolute atomic E-state index is 12.6. The van der Waals surface area contributed by atoms with Gasteiger partial charge in [-0.05, 0) is 36.8 Å². The summed E-state index contributed by atoms with van der Waals surface area (Å²) in [6, 6.07) is 9.89. The van der Waals surface area contributed by atoms with Crippen LogP contribution in [0.2, 0.25) is 0 Å². The zero-order valence-electron chi connectivity index (χ0n) is 14.4. The Kier molecular flexibility index (Phi) is 5.50. The summed E-state index contributed by atoms with van der Waals surface area (Å²) in [5.41, 5.74) is 4.19. The van der Waals surface area contributed by atoms with E-state index < -0.39 is 10.0 Å². The summed E-state index contributed by atoms with van der Waals surface area (Å²) in [6.45, 7) is 3.99. The third-order valence-corrected chi connectivity index (χ3v) is 6.07. The number of aromatic amines is 1. The molecule has 9 heteroatoms. The predicted octanol–water partition coefficient (Wildman–Crippen LogP) is 0.763. The van der Waals surface area contributed by atoms with Crippen LogP contribution in [0.25, 0.3) is 0 Å². The lowest BCUT2D eigenvalue weighted by Gasteiger charge is -2.26. The van der Waals surface area contributed by atoms with Crippen molar-refractivity contribution in [1.82, 2.24) is 20.0 Å². The SMILES string of the molecule is C/C(=N/NC(=O)c1ccc[nH]1)c1ccc(S(=O)(=O)N2CCNCC2)cc1. The first-order valence-corrected chi connectivity index (χ1v) is 9.72. The van der Waals surface area contributed by atoms with Gasteiger partial charge in [0.25, 0.3) is 5.91 Å². The summed E-state index contributed by atoms with van der Waals surface area (Å²) in [5, 5.41) is 7.20. The molecule has 0 atom stereocenters. The number of carbonyl (C=O) groups excluding carboxylic acids is 1. The Hall–Kier alpha value is -2.49. The fraction of sp³-hybridized carbons (Fsp3) is 0.294. The Morgan fingerprint density at radius 3 is 2.46 bits per heavy atom. The summed E-state index contributed by atoms with van der Waals surface area (Å²) >= 11 is 0. The van der Waals surface area contributed by atoms with Crippen LogP contribution in [-0.2, 0) is 10.0 Å². The topological polar surface area (TPSA) is 107 Å². The number of aromatic nitrogens is 1. The second-order valence-corrected chi connectivity index (χ2v) is 7.84. The molecule has 0 spiro atoms. The Morgan fingerprint density at radius 2 is 1.85 bits per heavy atom. The van der Waals surface area contributed by atoms with Crippen molar-refractivity contribution in [2.45, 2.75) is 11.8 Å². The lowest BCUT2D eigenvalue weighted by molar-refractivity contribution is 0.0950. The molecule has 1 aromatic heterocycles. The van der Waals surface area contributed by atoms with Crippen LogP contribution in [0.3, 0.4) is 0 Å². The van der Waals surface area contributed by atoms with E-state index in [1.165, 1.54) is 4.31 Å². The quantitative estimate of drug-likeness (QED) is 0.530. The Bertz CT molecular complexity index is 883. The van der Waals surface area contributed by atoms with Crippen molar-refractivity contribution < 1.29 is 13.2 Å². The molecule has 0 saturated carbocycles. The van der Waals surface area contributed by atoms with Gasteiger partial charge in [0, 0.05) is 32.4 Å². The largest absolute Gasteiger partial charge is 0.357 e. The number of hydrogen-bond donors (Lipinski definition) is 3. The molecule has 2 heterocycles. The summed E-state index contributed by atoms with van der Waals surface area (Å²) in [5.74, 6) is -0.341. The lowest BCUT2D eigenvalue weighted by atomic mass is 10.1. The molecule has 3 N–H and O–H groups in total. The van der Waals surface area contributed by atoms with Gasteiger partial charge in [0.1, 0.15) is 5.69 Å². The number of carbonyl (C=O) groups is 1. The normalized spacial score (nSPS) is 16.4. The monoisotopic (exact) mass is 375 g/mol. The highest BCUT2D eigenvalue weighted by Gasteiger charge is 2.25. The highest BCUT2D eigenvalue weighted by Crippen LogP contribution is 2.17. The van der Waals surface area contributed by atoms with Gasteiger partial charge < -0.3 is 10.3 Å². The molecule has 1 aromatic carbocycles. The molecule has 0 aliphatic carbocycles. The van der Waals surface area contributed by atoms with E-state index in [-0.39, 0.29) is 10.8 Å². The van der Waals surface area contributed by atoms with Crippen molar-refractivity contribution in [3.05, 3.63) is 53.9 Å². The predicted molar refractivity (Wildman–Crippen MR) is 98.5 cm³/mol. The molecular formula is C17H21N5O3S. The Morgan fingerprint density at radius 1 is 1.15 bits per heavy atom. The van der Waals surface area contributed by atoms with E-state index in [1.807, 2.05) is 0 Å². The number of nitrogens with one attached hydrogen (secondary N) is 3. The van der Waals surface area contributed by atoms with Crippen LogP contribution in [-0.4, -0.2) is 55.5 Å². The number of hydrazone groups is 1. The van der Waals surface area contributed by atoms with Gasteiger partial charge in [0.15, 0.2) is 0 Å². The molecule has 1 aliphatic rings. The van der Waals surface area contributed by atoms with Crippen LogP contribution in [0.15, 0.2) is 52.6 Å². The second kappa shape index (κ2) is 7.81. The van der Waals surface area contributed by atoms with Crippen LogP contribution in [0.1, 0.15) is 23.0 Å². The highest BCUT2D eigenvalue weighted by atomic mass is 32.2. The maximum Gasteiger partial charge on any atom is 0.287 e. The highest BCUT2D eigenvalue weighted by molar-refractivity contribution is 7.89. The van der Waals surface area contributed by atoms with Gasteiger partial charge in [-0.3, -0.25) is 4.79 Å². The number of rotatable bonds is 5. The summed E-state index contributed by atoms with van der Waals surface area (Å²) in [6.07, 6.45) is 1.66. The van der Waals surface area contributed by atoms with E-state index in [4.69, 9.17) is 0 Å². The van der Waals surface area contributed by atoms with Gasteiger partial charge >= 0.3 is 0 Å². The molecule has 0 bridgehead atoms. The van der Waals surface area contributed by atoms with E-state index in [2.05, 4.69) is 20.8 Å². The first-order chi connectivity index (χ1) is 12.5. The van der Waals surface area contributed by atoms with Gasteiger partial charge in [-0.15, -0.1) is 0 Å². The zero-order chi connectivity index (χ0) is 18.6. The Balaban J connectivity index is 1.70. The molecule has 2 aromatic rings. The van der Waals surface area contributed by atoms with Gasteiger partial charge in [-0.2, -0.15) is 9.41 Å². The molecular weight excluding hydrogens is 354 g/mol. The first kappa shape index (κ1) is 18.3. The third kappa shape index (κ3) is 4.01. The number of sulfonamides is 1. The minimum absolute atomic E-state index is 0.256. The first-order valence-electron chi connectivity index (χ1n) is 8.28. The molecule has 1 fully saturated rings. The molecule has 3 rings (SSSR count). The summed E-state index contributed by atoms with van der Waals surface area (Å²) < 4.78 is 26.7. The summed E-state index contributed by atoms with van der Waals surface area (Å²) in [7, 11) is -3.48. The minimum atomic E-state index is -3.48. The molecule has 0 unspecified atom stereocenters. The Labute approximate surface area is 152 Å². The minimum Gasteiger partial charge on any atom is -0.357 e. The average molecular weight is 375 g/mol. The number of benzene rings is 1. The van der Waals surface area contributed by atoms with E-state index in [1.54, 1.807) is 49.5 Å². The number of H-pyrrole nitrogens is 1. The van der Waals surface area contributed by atoms with Crippen molar-refractivity contribution in [2.24, 2.45) is 5.10 Å². The molecule has 1 aliphatic heterocycles. The maximum atomic E-state index is 12.6. The summed E-state index contributed by atoms with van der Waals surface area (Å²) in [4.78, 5) is 14.9. The molecule has 1 amide bonds. The van der Waals surface area contributed by atoms with E-state index in [0.29, 0.717) is 37.6 Å². The molecule has 138 valence electrons. The van der Waals surface area contributed by atoms with E-state index >= 15 is 0 Å². The smallest absolute Gasteiger partial charge is 0.287 e. The number of hydrogen-bond acceptors (Lipinski definition) is 5. The van der Waals surface area contributed by atoms with Crippen molar-refractivity contribution in [2.75, 3.05) is 26.2 Å². The average Bonchev–Trinajstić information content (AvgIpc) is 3.21. The van der Waals surface area contributed by atoms with Crippen molar-refractivity contribution in [3.8, 4) is 0 Å². The second-order valence-electron chi connectivity index (χ2n) is 5.90. The van der Waals surface area contributed by atoms with Gasteiger partial charge in [-0.1, -0.05) is 12.1 Å². The number of nitrogens with zero attached hydrogens (tertiary/aromatic N) is 2. The van der Waals surface area contributed by atoms with Crippen LogP contribution >= 0.6 is 0 Å². The van der Waals surface area contributed by atoms with E-state index in [9.17, 15) is 13.2 Å². The van der Waals surface area contributed by atoms with Crippen LogP contribution < -0.4 is 10.7 Å². The number of amides is 1. The van der Waals surface area contributed by atoms with Crippen LogP contribution in [0.4, 0.5) is 0 Å². The van der Waals surface area contributed by atoms with Crippen molar-refractivity contribution in [1.29, 1.82) is 0 Å². The van der Waals surface area contributed by atoms with Gasteiger partial charge in [-0.25, -0.2) is 13.8 Å². The molecule has 0 radical (unpaired) electrons. The molecule has 1 saturated heterocycles. The zero-order valence-corrected chi connectivity index (χ0v) is 15.2. The van der Waals surface area contributed by atoms with Gasteiger partial charge in [0.2, 0.25) is 10.0 Å². The van der Waals surface area contributed by atoms with Gasteiger partial charge in [0.05, 0.1) is 10.6 Å². The number of piperazine rings is 1. The lowest BCUT2D eigenvalue weighted by Crippen LogP contribution is -2.46. The van der Waals surface area contributed by atoms with E-state index in [0.717, 1.165) is 5.56 Å². The molecule has 8 nitrogen and oxygen atoms in total. The fourth-order valence-corrected chi connectivity index (χ4v) is 4.07. The molecule has 26 heavy (non-hydrogen) atoms. The van der Waals surface area contributed by atoms with Crippen molar-refractivity contribution >= 4 is 21.6 Å². The standard InChI is InChI=1S/C17H21N5O3S/c1-13(20-21-17(23)16-3-2-8-19-16)14-4-6-15(7-5-14)26(24,25)22-11-9-18-10-12-22/h2-8,18-19H,9-12H2,1H3,(H,21,23)/b20-13-. The third-order valence-electron chi connectivity index (χ3n) is 4.15. The van der Waals surface area contributed by atoms with Crippen molar-refractivity contribution in [3.63, 3.8) is 0 Å². The van der Waals surface area contributed by atoms with Crippen LogP contribution in [0, 0.1) is 0 Å². The van der Waals surface area contributed by atoms with Crippen LogP contribution in [0.5, 0.6) is 0 Å². The fourth-order valence-electron chi connectivity index (χ4n) is 2.63.